The Morgan fingerprint density at radius 3 is 2.95 bits per heavy atom. The van der Waals surface area contributed by atoms with Crippen molar-refractivity contribution in [2.24, 2.45) is 0 Å². The standard InChI is InChI=1S/C14H20BrNO2.ClH/c1-2-17-14-6-5-11(8-13(14)15)9-16-10-12-4-3-7-18-12;/h5-6,8,12,16H,2-4,7,9-10H2,1H3;1H/p-1. The molecule has 19 heavy (non-hydrogen) atoms. The van der Waals surface area contributed by atoms with Crippen LogP contribution in [0.25, 0.3) is 0 Å². The highest BCUT2D eigenvalue weighted by Crippen LogP contribution is 2.25. The van der Waals surface area contributed by atoms with Crippen LogP contribution in [0.5, 0.6) is 5.75 Å². The van der Waals surface area contributed by atoms with Crippen LogP contribution in [0.15, 0.2) is 22.7 Å². The van der Waals surface area contributed by atoms with Gasteiger partial charge in [-0.25, -0.2) is 0 Å². The molecule has 0 aromatic heterocycles. The minimum absolute atomic E-state index is 0. The summed E-state index contributed by atoms with van der Waals surface area (Å²) in [6, 6.07) is 6.21. The van der Waals surface area contributed by atoms with Crippen molar-refractivity contribution in [1.29, 1.82) is 0 Å². The lowest BCUT2D eigenvalue weighted by atomic mass is 10.2. The lowest BCUT2D eigenvalue weighted by molar-refractivity contribution is -0.00000549. The van der Waals surface area contributed by atoms with E-state index in [9.17, 15) is 0 Å². The van der Waals surface area contributed by atoms with Crippen LogP contribution >= 0.6 is 15.9 Å². The van der Waals surface area contributed by atoms with E-state index in [1.807, 2.05) is 13.0 Å². The molecule has 0 aliphatic carbocycles. The molecular formula is C14H20BrClNO2-. The van der Waals surface area contributed by atoms with E-state index < -0.39 is 0 Å². The van der Waals surface area contributed by atoms with Gasteiger partial charge in [0.05, 0.1) is 17.2 Å². The van der Waals surface area contributed by atoms with E-state index in [-0.39, 0.29) is 12.4 Å². The maximum absolute atomic E-state index is 5.57. The molecule has 2 rings (SSSR count). The van der Waals surface area contributed by atoms with Crippen molar-refractivity contribution in [3.05, 3.63) is 28.2 Å². The minimum atomic E-state index is 0. The Hall–Kier alpha value is -0.290. The van der Waals surface area contributed by atoms with E-state index in [1.54, 1.807) is 0 Å². The molecule has 1 heterocycles. The highest BCUT2D eigenvalue weighted by atomic mass is 79.9. The molecule has 5 heteroatoms. The molecule has 1 fully saturated rings. The van der Waals surface area contributed by atoms with Crippen molar-refractivity contribution in [2.75, 3.05) is 19.8 Å². The van der Waals surface area contributed by atoms with Crippen LogP contribution in [0.2, 0.25) is 0 Å². The first-order chi connectivity index (χ1) is 8.79. The Balaban J connectivity index is 0.00000180. The lowest BCUT2D eigenvalue weighted by Crippen LogP contribution is -3.00. The van der Waals surface area contributed by atoms with Gasteiger partial charge in [0.2, 0.25) is 0 Å². The maximum Gasteiger partial charge on any atom is 0.133 e. The Labute approximate surface area is 129 Å². The first-order valence-corrected chi connectivity index (χ1v) is 7.32. The van der Waals surface area contributed by atoms with E-state index >= 15 is 0 Å². The van der Waals surface area contributed by atoms with Crippen LogP contribution in [0, 0.1) is 0 Å². The predicted molar refractivity (Wildman–Crippen MR) is 76.0 cm³/mol. The van der Waals surface area contributed by atoms with Crippen molar-refractivity contribution >= 4 is 15.9 Å². The molecule has 108 valence electrons. The summed E-state index contributed by atoms with van der Waals surface area (Å²) in [4.78, 5) is 0. The van der Waals surface area contributed by atoms with Crippen molar-refractivity contribution in [2.45, 2.75) is 32.4 Å². The molecule has 1 saturated heterocycles. The third kappa shape index (κ3) is 5.30. The number of hydrogen-bond acceptors (Lipinski definition) is 3. The minimum Gasteiger partial charge on any atom is -1.00 e. The van der Waals surface area contributed by atoms with E-state index in [4.69, 9.17) is 9.47 Å². The molecule has 1 aromatic carbocycles. The molecule has 0 bridgehead atoms. The summed E-state index contributed by atoms with van der Waals surface area (Å²) in [5.74, 6) is 0.903. The zero-order valence-corrected chi connectivity index (χ0v) is 13.5. The van der Waals surface area contributed by atoms with Gasteiger partial charge in [-0.2, -0.15) is 0 Å². The fourth-order valence-electron chi connectivity index (χ4n) is 2.11. The van der Waals surface area contributed by atoms with E-state index in [2.05, 4.69) is 33.4 Å². The molecule has 0 amide bonds. The fraction of sp³-hybridized carbons (Fsp3) is 0.571. The second-order valence-electron chi connectivity index (χ2n) is 4.46. The Morgan fingerprint density at radius 1 is 1.47 bits per heavy atom. The largest absolute Gasteiger partial charge is 1.00 e. The van der Waals surface area contributed by atoms with Gasteiger partial charge in [0.25, 0.3) is 0 Å². The van der Waals surface area contributed by atoms with Gasteiger partial charge in [-0.05, 0) is 53.4 Å². The maximum atomic E-state index is 5.57. The van der Waals surface area contributed by atoms with Crippen molar-refractivity contribution < 1.29 is 21.9 Å². The molecular weight excluding hydrogens is 330 g/mol. The summed E-state index contributed by atoms with van der Waals surface area (Å²) in [7, 11) is 0. The van der Waals surface area contributed by atoms with Gasteiger partial charge >= 0.3 is 0 Å². The zero-order chi connectivity index (χ0) is 12.8. The number of rotatable bonds is 6. The summed E-state index contributed by atoms with van der Waals surface area (Å²) in [6.45, 7) is 5.40. The summed E-state index contributed by atoms with van der Waals surface area (Å²) < 4.78 is 12.1. The van der Waals surface area contributed by atoms with E-state index in [1.165, 1.54) is 18.4 Å². The topological polar surface area (TPSA) is 30.5 Å². The van der Waals surface area contributed by atoms with Gasteiger partial charge in [-0.15, -0.1) is 0 Å². The normalized spacial score (nSPS) is 18.1. The van der Waals surface area contributed by atoms with E-state index in [0.717, 1.165) is 29.9 Å². The highest BCUT2D eigenvalue weighted by Gasteiger charge is 2.14. The molecule has 0 saturated carbocycles. The zero-order valence-electron chi connectivity index (χ0n) is 11.1. The quantitative estimate of drug-likeness (QED) is 0.791. The van der Waals surface area contributed by atoms with Crippen LogP contribution < -0.4 is 22.5 Å². The second-order valence-corrected chi connectivity index (χ2v) is 5.32. The first-order valence-electron chi connectivity index (χ1n) is 6.53. The molecule has 1 aliphatic heterocycles. The van der Waals surface area contributed by atoms with Crippen LogP contribution in [-0.2, 0) is 11.3 Å². The van der Waals surface area contributed by atoms with Gasteiger partial charge in [0, 0.05) is 19.7 Å². The molecule has 1 N–H and O–H groups in total. The van der Waals surface area contributed by atoms with Crippen LogP contribution in [-0.4, -0.2) is 25.9 Å². The average molecular weight is 350 g/mol. The van der Waals surface area contributed by atoms with E-state index in [0.29, 0.717) is 12.7 Å². The molecule has 1 unspecified atom stereocenters. The molecule has 1 aromatic rings. The molecule has 0 spiro atoms. The Morgan fingerprint density at radius 2 is 2.32 bits per heavy atom. The third-order valence-electron chi connectivity index (χ3n) is 3.02. The summed E-state index contributed by atoms with van der Waals surface area (Å²) in [5.41, 5.74) is 1.25. The third-order valence-corrected chi connectivity index (χ3v) is 3.64. The number of benzene rings is 1. The van der Waals surface area contributed by atoms with Crippen molar-refractivity contribution in [1.82, 2.24) is 5.32 Å². The summed E-state index contributed by atoms with van der Waals surface area (Å²) in [5, 5.41) is 3.44. The van der Waals surface area contributed by atoms with Crippen molar-refractivity contribution in [3.63, 3.8) is 0 Å². The molecule has 0 radical (unpaired) electrons. The number of halogens is 2. The highest BCUT2D eigenvalue weighted by molar-refractivity contribution is 9.10. The SMILES string of the molecule is CCOc1ccc(CNCC2CCCO2)cc1Br.[Cl-]. The Kier molecular flexibility index (Phi) is 7.76. The van der Waals surface area contributed by atoms with Crippen molar-refractivity contribution in [3.8, 4) is 5.75 Å². The Bertz CT molecular complexity index is 384. The monoisotopic (exact) mass is 348 g/mol. The molecule has 3 nitrogen and oxygen atoms in total. The van der Waals surface area contributed by atoms with Crippen LogP contribution in [0.3, 0.4) is 0 Å². The molecule has 1 atom stereocenters. The second kappa shape index (κ2) is 8.80. The van der Waals surface area contributed by atoms with Crippen LogP contribution in [0.1, 0.15) is 25.3 Å². The van der Waals surface area contributed by atoms with Gasteiger partial charge in [0.15, 0.2) is 0 Å². The van der Waals surface area contributed by atoms with Gasteiger partial charge in [-0.3, -0.25) is 0 Å². The number of hydrogen-bond donors (Lipinski definition) is 1. The summed E-state index contributed by atoms with van der Waals surface area (Å²) in [6.07, 6.45) is 2.78. The van der Waals surface area contributed by atoms with Gasteiger partial charge < -0.3 is 27.2 Å². The summed E-state index contributed by atoms with van der Waals surface area (Å²) >= 11 is 3.53. The van der Waals surface area contributed by atoms with Gasteiger partial charge in [0.1, 0.15) is 5.75 Å². The average Bonchev–Trinajstić information content (AvgIpc) is 2.86. The number of ether oxygens (including phenoxy) is 2. The lowest BCUT2D eigenvalue weighted by Gasteiger charge is -2.12. The fourth-order valence-corrected chi connectivity index (χ4v) is 2.65. The van der Waals surface area contributed by atoms with Crippen LogP contribution in [0.4, 0.5) is 0 Å². The predicted octanol–water partition coefficient (Wildman–Crippen LogP) is 0.120. The number of nitrogens with one attached hydrogen (secondary N) is 1. The smallest absolute Gasteiger partial charge is 0.133 e. The van der Waals surface area contributed by atoms with Gasteiger partial charge in [-0.1, -0.05) is 6.07 Å². The first kappa shape index (κ1) is 16.8. The molecule has 1 aliphatic rings.